The molecule has 0 aliphatic carbocycles. The monoisotopic (exact) mass is 391 g/mol. The summed E-state index contributed by atoms with van der Waals surface area (Å²) >= 11 is 0. The number of rotatable bonds is 6. The van der Waals surface area contributed by atoms with Crippen molar-refractivity contribution in [3.8, 4) is 0 Å². The van der Waals surface area contributed by atoms with Crippen LogP contribution in [0.2, 0.25) is 0 Å². The van der Waals surface area contributed by atoms with Crippen LogP contribution in [0.15, 0.2) is 18.2 Å². The fourth-order valence-corrected chi connectivity index (χ4v) is 2.13. The number of ether oxygens (including phenoxy) is 1. The Labute approximate surface area is 155 Å². The van der Waals surface area contributed by atoms with Crippen LogP contribution in [0.1, 0.15) is 46.6 Å². The molecule has 0 aliphatic rings. The van der Waals surface area contributed by atoms with Crippen molar-refractivity contribution >= 4 is 17.5 Å². The van der Waals surface area contributed by atoms with Gasteiger partial charge in [0.1, 0.15) is 5.69 Å². The van der Waals surface area contributed by atoms with Crippen molar-refractivity contribution in [1.82, 2.24) is 5.32 Å². The highest BCUT2D eigenvalue weighted by molar-refractivity contribution is 5.68. The van der Waals surface area contributed by atoms with E-state index in [1.165, 1.54) is 0 Å². The van der Waals surface area contributed by atoms with Crippen LogP contribution in [-0.4, -0.2) is 28.7 Å². The van der Waals surface area contributed by atoms with E-state index in [0.29, 0.717) is 6.07 Å². The summed E-state index contributed by atoms with van der Waals surface area (Å²) in [6.07, 6.45) is -4.99. The minimum Gasteiger partial charge on any atom is -0.449 e. The van der Waals surface area contributed by atoms with Gasteiger partial charge in [-0.15, -0.1) is 0 Å². The molecule has 0 bridgehead atoms. The highest BCUT2D eigenvalue weighted by atomic mass is 19.4. The second kappa shape index (κ2) is 8.01. The van der Waals surface area contributed by atoms with Crippen molar-refractivity contribution in [2.45, 2.75) is 58.3 Å². The second-order valence-corrected chi connectivity index (χ2v) is 7.76. The van der Waals surface area contributed by atoms with E-state index in [2.05, 4.69) is 10.6 Å². The van der Waals surface area contributed by atoms with Gasteiger partial charge in [-0.05, 0) is 46.8 Å². The molecular weight excluding hydrogens is 367 g/mol. The molecule has 0 fully saturated rings. The predicted octanol–water partition coefficient (Wildman–Crippen LogP) is 4.72. The quantitative estimate of drug-likeness (QED) is 0.541. The highest BCUT2D eigenvalue weighted by Gasteiger charge is 2.33. The number of nitrogens with one attached hydrogen (secondary N) is 2. The summed E-state index contributed by atoms with van der Waals surface area (Å²) in [5.41, 5.74) is -3.04. The topological polar surface area (TPSA) is 93.5 Å². The zero-order valence-corrected chi connectivity index (χ0v) is 15.9. The Hall–Kier alpha value is -2.52. The molecule has 1 rings (SSSR count). The summed E-state index contributed by atoms with van der Waals surface area (Å²) in [4.78, 5) is 21.9. The van der Waals surface area contributed by atoms with Gasteiger partial charge in [-0.2, -0.15) is 13.2 Å². The molecule has 0 aliphatic heterocycles. The summed E-state index contributed by atoms with van der Waals surface area (Å²) in [7, 11) is 0. The molecule has 152 valence electrons. The molecule has 27 heavy (non-hydrogen) atoms. The van der Waals surface area contributed by atoms with E-state index in [4.69, 9.17) is 4.74 Å². The molecule has 0 aromatic heterocycles. The Morgan fingerprint density at radius 1 is 1.19 bits per heavy atom. The number of hydrogen-bond acceptors (Lipinski definition) is 5. The Morgan fingerprint density at radius 3 is 2.26 bits per heavy atom. The number of halogens is 3. The minimum atomic E-state index is -4.67. The molecule has 0 unspecified atom stereocenters. The molecular formula is C17H24F3N3O4. The molecule has 0 saturated heterocycles. The molecule has 1 aromatic carbocycles. The third-order valence-corrected chi connectivity index (χ3v) is 3.43. The molecule has 0 heterocycles. The van der Waals surface area contributed by atoms with Crippen molar-refractivity contribution in [3.05, 3.63) is 33.9 Å². The van der Waals surface area contributed by atoms with E-state index in [1.807, 2.05) is 0 Å². The van der Waals surface area contributed by atoms with E-state index >= 15 is 0 Å². The average molecular weight is 391 g/mol. The molecule has 0 atom stereocenters. The smallest absolute Gasteiger partial charge is 0.416 e. The number of hydrogen-bond donors (Lipinski definition) is 2. The average Bonchev–Trinajstić information content (AvgIpc) is 2.43. The van der Waals surface area contributed by atoms with Gasteiger partial charge in [0.25, 0.3) is 5.69 Å². The molecule has 10 heteroatoms. The molecule has 2 N–H and O–H groups in total. The van der Waals surface area contributed by atoms with Crippen LogP contribution in [0.4, 0.5) is 29.3 Å². The Balaban J connectivity index is 2.81. The first kappa shape index (κ1) is 22.5. The molecule has 1 aromatic rings. The molecule has 0 spiro atoms. The maximum absolute atomic E-state index is 12.8. The number of nitro groups is 1. The minimum absolute atomic E-state index is 0.0242. The zero-order valence-electron chi connectivity index (χ0n) is 15.9. The third kappa shape index (κ3) is 7.71. The molecule has 7 nitrogen and oxygen atoms in total. The van der Waals surface area contributed by atoms with Crippen LogP contribution in [0, 0.1) is 10.1 Å². The van der Waals surface area contributed by atoms with Gasteiger partial charge in [-0.25, -0.2) is 4.79 Å². The van der Waals surface area contributed by atoms with Crippen LogP contribution in [0.5, 0.6) is 0 Å². The van der Waals surface area contributed by atoms with Crippen molar-refractivity contribution in [1.29, 1.82) is 0 Å². The normalized spacial score (nSPS) is 12.4. The van der Waals surface area contributed by atoms with E-state index in [9.17, 15) is 28.1 Å². The summed E-state index contributed by atoms with van der Waals surface area (Å²) in [6.45, 7) is 8.80. The largest absolute Gasteiger partial charge is 0.449 e. The van der Waals surface area contributed by atoms with Crippen LogP contribution in [0.25, 0.3) is 0 Å². The number of carbonyl (C=O) groups is 1. The Morgan fingerprint density at radius 2 is 1.78 bits per heavy atom. The van der Waals surface area contributed by atoms with E-state index in [0.717, 1.165) is 12.1 Å². The standard InChI is InChI=1S/C17H24F3N3O4/c1-15(2,3)22-14(24)27-9-8-16(4,5)21-12-7-6-11(17(18,19)20)10-13(12)23(25)26/h6-7,10,21H,8-9H2,1-5H3,(H,22,24). The van der Waals surface area contributed by atoms with E-state index < -0.39 is 39.5 Å². The number of carbonyl (C=O) groups excluding carboxylic acids is 1. The lowest BCUT2D eigenvalue weighted by Gasteiger charge is -2.28. The second-order valence-electron chi connectivity index (χ2n) is 7.76. The number of anilines is 1. The van der Waals surface area contributed by atoms with Gasteiger partial charge >= 0.3 is 12.3 Å². The SMILES string of the molecule is CC(C)(C)NC(=O)OCCC(C)(C)Nc1ccc(C(F)(F)F)cc1[N+](=O)[O-]. The highest BCUT2D eigenvalue weighted by Crippen LogP contribution is 2.36. The van der Waals surface area contributed by atoms with Crippen molar-refractivity contribution in [2.24, 2.45) is 0 Å². The maximum atomic E-state index is 12.8. The fraction of sp³-hybridized carbons (Fsp3) is 0.588. The third-order valence-electron chi connectivity index (χ3n) is 3.43. The zero-order chi connectivity index (χ0) is 21.0. The van der Waals surface area contributed by atoms with Gasteiger partial charge in [-0.3, -0.25) is 10.1 Å². The van der Waals surface area contributed by atoms with E-state index in [1.54, 1.807) is 34.6 Å². The Bertz CT molecular complexity index is 698. The fourth-order valence-electron chi connectivity index (χ4n) is 2.13. The maximum Gasteiger partial charge on any atom is 0.416 e. The number of alkyl halides is 3. The first-order valence-corrected chi connectivity index (χ1v) is 8.19. The molecule has 1 amide bonds. The number of nitrogens with zero attached hydrogens (tertiary/aromatic N) is 1. The van der Waals surface area contributed by atoms with Gasteiger partial charge in [0, 0.05) is 23.6 Å². The first-order valence-electron chi connectivity index (χ1n) is 8.19. The lowest BCUT2D eigenvalue weighted by Crippen LogP contribution is -2.41. The van der Waals surface area contributed by atoms with Crippen LogP contribution >= 0.6 is 0 Å². The van der Waals surface area contributed by atoms with Gasteiger partial charge in [0.2, 0.25) is 0 Å². The predicted molar refractivity (Wildman–Crippen MR) is 94.7 cm³/mol. The lowest BCUT2D eigenvalue weighted by atomic mass is 10.00. The van der Waals surface area contributed by atoms with Gasteiger partial charge in [0.15, 0.2) is 0 Å². The van der Waals surface area contributed by atoms with Gasteiger partial charge < -0.3 is 15.4 Å². The summed E-state index contributed by atoms with van der Waals surface area (Å²) in [5, 5.41) is 16.6. The number of nitro benzene ring substituents is 1. The molecule has 0 saturated carbocycles. The van der Waals surface area contributed by atoms with E-state index in [-0.39, 0.29) is 18.7 Å². The van der Waals surface area contributed by atoms with Crippen molar-refractivity contribution in [2.75, 3.05) is 11.9 Å². The van der Waals surface area contributed by atoms with Crippen LogP contribution in [-0.2, 0) is 10.9 Å². The first-order chi connectivity index (χ1) is 12.1. The number of alkyl carbamates (subject to hydrolysis) is 1. The molecule has 0 radical (unpaired) electrons. The lowest BCUT2D eigenvalue weighted by molar-refractivity contribution is -0.384. The summed E-state index contributed by atoms with van der Waals surface area (Å²) in [5.74, 6) is 0. The summed E-state index contributed by atoms with van der Waals surface area (Å²) < 4.78 is 43.3. The number of benzene rings is 1. The van der Waals surface area contributed by atoms with Gasteiger partial charge in [0.05, 0.1) is 17.1 Å². The van der Waals surface area contributed by atoms with Crippen molar-refractivity contribution < 1.29 is 27.6 Å². The van der Waals surface area contributed by atoms with Crippen LogP contribution < -0.4 is 10.6 Å². The Kier molecular flexibility index (Phi) is 6.68. The van der Waals surface area contributed by atoms with Crippen molar-refractivity contribution in [3.63, 3.8) is 0 Å². The summed E-state index contributed by atoms with van der Waals surface area (Å²) in [6, 6.07) is 2.29. The van der Waals surface area contributed by atoms with Gasteiger partial charge in [-0.1, -0.05) is 0 Å². The number of amides is 1. The van der Waals surface area contributed by atoms with Crippen LogP contribution in [0.3, 0.4) is 0 Å².